The number of β-amino-alcohol motifs (C(OH)–C–C–N with tert-alkyl or cyclic N) is 1. The van der Waals surface area contributed by atoms with Crippen LogP contribution in [0.15, 0.2) is 30.6 Å². The molecule has 0 radical (unpaired) electrons. The second-order valence-electron chi connectivity index (χ2n) is 7.05. The molecular formula is C19H26N6O2. The third-order valence-electron chi connectivity index (χ3n) is 4.88. The van der Waals surface area contributed by atoms with Gasteiger partial charge < -0.3 is 25.4 Å². The number of rotatable bonds is 8. The van der Waals surface area contributed by atoms with Gasteiger partial charge in [-0.3, -0.25) is 4.98 Å². The number of nitrogens with one attached hydrogen (secondary N) is 2. The highest BCUT2D eigenvalue weighted by Crippen LogP contribution is 2.28. The Bertz CT molecular complexity index is 732. The van der Waals surface area contributed by atoms with E-state index in [1.54, 1.807) is 6.20 Å². The lowest BCUT2D eigenvalue weighted by atomic mass is 10.0. The molecule has 8 heteroatoms. The summed E-state index contributed by atoms with van der Waals surface area (Å²) in [7, 11) is 0. The van der Waals surface area contributed by atoms with Crippen LogP contribution in [0.3, 0.4) is 0 Å². The van der Waals surface area contributed by atoms with Crippen molar-refractivity contribution in [2.75, 3.05) is 54.9 Å². The van der Waals surface area contributed by atoms with Crippen molar-refractivity contribution in [3.05, 3.63) is 36.3 Å². The monoisotopic (exact) mass is 370 g/mol. The van der Waals surface area contributed by atoms with E-state index in [1.807, 2.05) is 29.3 Å². The Kier molecular flexibility index (Phi) is 5.64. The molecular weight excluding hydrogens is 344 g/mol. The van der Waals surface area contributed by atoms with Crippen LogP contribution >= 0.6 is 0 Å². The fourth-order valence-electron chi connectivity index (χ4n) is 3.29. The minimum atomic E-state index is -0.276. The molecule has 4 heterocycles. The molecule has 0 aliphatic carbocycles. The van der Waals surface area contributed by atoms with Crippen LogP contribution in [0.5, 0.6) is 0 Å². The Morgan fingerprint density at radius 1 is 1.22 bits per heavy atom. The standard InChI is InChI=1S/C19H26N6O2/c26-16-11-25(12-16)19-23-17(14-4-8-27-13-14)9-18(24-19)22-7-2-6-21-15-3-1-5-20-10-15/h1,3,5,9-10,14,16,21,26H,2,4,6-8,11-13H2,(H,22,23,24). The molecule has 2 aromatic rings. The maximum atomic E-state index is 9.58. The van der Waals surface area contributed by atoms with Gasteiger partial charge in [-0.25, -0.2) is 4.98 Å². The highest BCUT2D eigenvalue weighted by molar-refractivity contribution is 5.46. The van der Waals surface area contributed by atoms with Crippen molar-refractivity contribution >= 4 is 17.5 Å². The van der Waals surface area contributed by atoms with Gasteiger partial charge in [-0.2, -0.15) is 4.98 Å². The van der Waals surface area contributed by atoms with E-state index in [-0.39, 0.29) is 6.10 Å². The Labute approximate surface area is 159 Å². The normalized spacial score (nSPS) is 19.7. The van der Waals surface area contributed by atoms with Gasteiger partial charge in [-0.1, -0.05) is 0 Å². The molecule has 2 saturated heterocycles. The van der Waals surface area contributed by atoms with Crippen molar-refractivity contribution in [3.63, 3.8) is 0 Å². The van der Waals surface area contributed by atoms with E-state index in [9.17, 15) is 5.11 Å². The minimum absolute atomic E-state index is 0.276. The number of aromatic nitrogens is 3. The van der Waals surface area contributed by atoms with Crippen LogP contribution in [0.4, 0.5) is 17.5 Å². The number of nitrogens with zero attached hydrogens (tertiary/aromatic N) is 4. The summed E-state index contributed by atoms with van der Waals surface area (Å²) in [6.07, 6.45) is 5.26. The fourth-order valence-corrected chi connectivity index (χ4v) is 3.29. The van der Waals surface area contributed by atoms with Crippen molar-refractivity contribution < 1.29 is 9.84 Å². The van der Waals surface area contributed by atoms with Crippen LogP contribution in [-0.2, 0) is 4.74 Å². The Hall–Kier alpha value is -2.45. The summed E-state index contributed by atoms with van der Waals surface area (Å²) in [5, 5.41) is 16.3. The maximum Gasteiger partial charge on any atom is 0.227 e. The number of hydrogen-bond donors (Lipinski definition) is 3. The van der Waals surface area contributed by atoms with E-state index in [4.69, 9.17) is 9.72 Å². The highest BCUT2D eigenvalue weighted by atomic mass is 16.5. The van der Waals surface area contributed by atoms with Crippen LogP contribution in [0.1, 0.15) is 24.5 Å². The van der Waals surface area contributed by atoms with Crippen molar-refractivity contribution in [2.24, 2.45) is 0 Å². The van der Waals surface area contributed by atoms with Crippen LogP contribution in [-0.4, -0.2) is 65.6 Å². The average Bonchev–Trinajstić information content (AvgIpc) is 3.21. The Morgan fingerprint density at radius 3 is 2.85 bits per heavy atom. The molecule has 27 heavy (non-hydrogen) atoms. The average molecular weight is 370 g/mol. The molecule has 144 valence electrons. The van der Waals surface area contributed by atoms with Gasteiger partial charge in [-0.15, -0.1) is 0 Å². The summed E-state index contributed by atoms with van der Waals surface area (Å²) in [6.45, 7) is 4.37. The lowest BCUT2D eigenvalue weighted by Gasteiger charge is -2.36. The molecule has 0 saturated carbocycles. The predicted octanol–water partition coefficient (Wildman–Crippen LogP) is 1.47. The molecule has 2 aliphatic heterocycles. The summed E-state index contributed by atoms with van der Waals surface area (Å²) in [5.74, 6) is 1.86. The quantitative estimate of drug-likeness (QED) is 0.602. The van der Waals surface area contributed by atoms with Crippen LogP contribution < -0.4 is 15.5 Å². The third-order valence-corrected chi connectivity index (χ3v) is 4.88. The Balaban J connectivity index is 1.34. The zero-order chi connectivity index (χ0) is 18.5. The molecule has 3 N–H and O–H groups in total. The first-order valence-corrected chi connectivity index (χ1v) is 9.55. The first kappa shape index (κ1) is 17.9. The molecule has 2 fully saturated rings. The van der Waals surface area contributed by atoms with Gasteiger partial charge in [0, 0.05) is 57.2 Å². The molecule has 0 bridgehead atoms. The van der Waals surface area contributed by atoms with Gasteiger partial charge in [0.25, 0.3) is 0 Å². The molecule has 8 nitrogen and oxygen atoms in total. The molecule has 2 aliphatic rings. The fraction of sp³-hybridized carbons (Fsp3) is 0.526. The number of anilines is 3. The van der Waals surface area contributed by atoms with Crippen LogP contribution in [0.2, 0.25) is 0 Å². The topological polar surface area (TPSA) is 95.4 Å². The van der Waals surface area contributed by atoms with E-state index in [2.05, 4.69) is 20.6 Å². The van der Waals surface area contributed by atoms with Crippen LogP contribution in [0.25, 0.3) is 0 Å². The van der Waals surface area contributed by atoms with Crippen LogP contribution in [0, 0.1) is 0 Å². The largest absolute Gasteiger partial charge is 0.389 e. The number of aliphatic hydroxyl groups excluding tert-OH is 1. The first-order valence-electron chi connectivity index (χ1n) is 9.55. The Morgan fingerprint density at radius 2 is 2.11 bits per heavy atom. The molecule has 0 amide bonds. The van der Waals surface area contributed by atoms with E-state index < -0.39 is 0 Å². The van der Waals surface area contributed by atoms with Gasteiger partial charge >= 0.3 is 0 Å². The van der Waals surface area contributed by atoms with Crippen molar-refractivity contribution in [1.29, 1.82) is 0 Å². The second-order valence-corrected chi connectivity index (χ2v) is 7.05. The summed E-state index contributed by atoms with van der Waals surface area (Å²) in [6, 6.07) is 5.96. The number of aliphatic hydroxyl groups is 1. The number of hydrogen-bond acceptors (Lipinski definition) is 8. The minimum Gasteiger partial charge on any atom is -0.389 e. The zero-order valence-corrected chi connectivity index (χ0v) is 15.3. The molecule has 0 aromatic carbocycles. The van der Waals surface area contributed by atoms with E-state index >= 15 is 0 Å². The van der Waals surface area contributed by atoms with Gasteiger partial charge in [0.05, 0.1) is 24.1 Å². The van der Waals surface area contributed by atoms with E-state index in [0.29, 0.717) is 31.6 Å². The SMILES string of the molecule is OC1CN(c2nc(NCCCNc3cccnc3)cc(C3CCOC3)n2)C1. The molecule has 1 atom stereocenters. The molecule has 2 aromatic heterocycles. The highest BCUT2D eigenvalue weighted by Gasteiger charge is 2.28. The van der Waals surface area contributed by atoms with Crippen molar-refractivity contribution in [2.45, 2.75) is 24.9 Å². The lowest BCUT2D eigenvalue weighted by molar-refractivity contribution is 0.140. The maximum absolute atomic E-state index is 9.58. The lowest BCUT2D eigenvalue weighted by Crippen LogP contribution is -2.51. The molecule has 0 spiro atoms. The third kappa shape index (κ3) is 4.64. The molecule has 1 unspecified atom stereocenters. The molecule has 4 rings (SSSR count). The zero-order valence-electron chi connectivity index (χ0n) is 15.3. The van der Waals surface area contributed by atoms with E-state index in [0.717, 1.165) is 49.7 Å². The summed E-state index contributed by atoms with van der Waals surface area (Å²) in [4.78, 5) is 15.5. The van der Waals surface area contributed by atoms with Gasteiger partial charge in [-0.05, 0) is 25.0 Å². The number of ether oxygens (including phenoxy) is 1. The van der Waals surface area contributed by atoms with Crippen molar-refractivity contribution in [3.8, 4) is 0 Å². The second kappa shape index (κ2) is 8.49. The van der Waals surface area contributed by atoms with Gasteiger partial charge in [0.15, 0.2) is 0 Å². The predicted molar refractivity (Wildman–Crippen MR) is 104 cm³/mol. The summed E-state index contributed by atoms with van der Waals surface area (Å²) < 4.78 is 5.52. The summed E-state index contributed by atoms with van der Waals surface area (Å²) in [5.41, 5.74) is 2.05. The number of pyridine rings is 1. The van der Waals surface area contributed by atoms with Gasteiger partial charge in [0.1, 0.15) is 5.82 Å². The summed E-state index contributed by atoms with van der Waals surface area (Å²) >= 11 is 0. The van der Waals surface area contributed by atoms with Crippen molar-refractivity contribution in [1.82, 2.24) is 15.0 Å². The smallest absolute Gasteiger partial charge is 0.227 e. The van der Waals surface area contributed by atoms with Gasteiger partial charge in [0.2, 0.25) is 5.95 Å². The first-order chi connectivity index (χ1) is 13.3. The van der Waals surface area contributed by atoms with E-state index in [1.165, 1.54) is 0 Å².